The second-order valence-corrected chi connectivity index (χ2v) is 12.2. The minimum absolute atomic E-state index is 0.121. The Hall–Kier alpha value is -2.64. The Morgan fingerprint density at radius 3 is 2.35 bits per heavy atom. The summed E-state index contributed by atoms with van der Waals surface area (Å²) in [6, 6.07) is 26.0. The molecule has 5 rings (SSSR count). The van der Waals surface area contributed by atoms with E-state index < -0.39 is 0 Å². The van der Waals surface area contributed by atoms with Gasteiger partial charge in [-0.3, -0.25) is 14.6 Å². The highest BCUT2D eigenvalue weighted by atomic mass is 127. The molecule has 3 aromatic rings. The maximum absolute atomic E-state index is 13.0. The predicted octanol–water partition coefficient (Wildman–Crippen LogP) is 6.58. The van der Waals surface area contributed by atoms with E-state index in [4.69, 9.17) is 21.6 Å². The molecular weight excluding hydrogens is 635 g/mol. The molecule has 2 aliphatic heterocycles. The van der Waals surface area contributed by atoms with E-state index in [1.807, 2.05) is 36.4 Å². The topological polar surface area (TPSA) is 68.6 Å². The van der Waals surface area contributed by atoms with Crippen LogP contribution in [0.4, 0.5) is 0 Å². The third-order valence-electron chi connectivity index (χ3n) is 7.77. The van der Waals surface area contributed by atoms with Crippen LogP contribution in [0.2, 0.25) is 5.02 Å². The van der Waals surface area contributed by atoms with Crippen LogP contribution in [0.25, 0.3) is 0 Å². The summed E-state index contributed by atoms with van der Waals surface area (Å²) in [6.07, 6.45) is 3.81. The number of halogens is 2. The lowest BCUT2D eigenvalue weighted by atomic mass is 10.0. The largest absolute Gasteiger partial charge is 0.490 e. The third kappa shape index (κ3) is 7.55. The minimum atomic E-state index is -0.125. The van der Waals surface area contributed by atoms with Crippen LogP contribution in [-0.4, -0.2) is 54.0 Å². The second-order valence-electron chi connectivity index (χ2n) is 10.6. The van der Waals surface area contributed by atoms with E-state index in [1.165, 1.54) is 11.1 Å². The number of hydrogen-bond donors (Lipinski definition) is 1. The average Bonchev–Trinajstić information content (AvgIpc) is 2.99. The van der Waals surface area contributed by atoms with Gasteiger partial charge in [-0.25, -0.2) is 0 Å². The average molecular weight is 669 g/mol. The molecule has 0 bridgehead atoms. The summed E-state index contributed by atoms with van der Waals surface area (Å²) < 4.78 is 6.58. The van der Waals surface area contributed by atoms with Crippen LogP contribution >= 0.6 is 34.2 Å². The fourth-order valence-corrected chi connectivity index (χ4v) is 6.66. The Labute approximate surface area is 255 Å². The number of carbonyl (C=O) groups is 1. The van der Waals surface area contributed by atoms with Gasteiger partial charge in [-0.15, -0.1) is 0 Å². The van der Waals surface area contributed by atoms with Crippen LogP contribution < -0.4 is 10.1 Å². The van der Waals surface area contributed by atoms with Gasteiger partial charge in [0.15, 0.2) is 0 Å². The van der Waals surface area contributed by atoms with Crippen LogP contribution in [0.15, 0.2) is 72.8 Å². The fraction of sp³-hybridized carbons (Fsp3) is 0.375. The predicted molar refractivity (Wildman–Crippen MR) is 167 cm³/mol. The molecule has 2 aliphatic rings. The van der Waals surface area contributed by atoms with E-state index in [0.29, 0.717) is 25.9 Å². The molecule has 0 aromatic heterocycles. The van der Waals surface area contributed by atoms with E-state index >= 15 is 0 Å². The van der Waals surface area contributed by atoms with E-state index in [-0.39, 0.29) is 18.1 Å². The Morgan fingerprint density at radius 2 is 1.70 bits per heavy atom. The molecule has 40 heavy (non-hydrogen) atoms. The number of nitriles is 1. The zero-order chi connectivity index (χ0) is 27.9. The summed E-state index contributed by atoms with van der Waals surface area (Å²) in [5.41, 5.74) is 3.70. The molecule has 0 spiro atoms. The van der Waals surface area contributed by atoms with Crippen LogP contribution in [0.1, 0.15) is 56.8 Å². The lowest BCUT2D eigenvalue weighted by molar-refractivity contribution is 0.0909. The molecule has 2 fully saturated rings. The van der Waals surface area contributed by atoms with Crippen molar-refractivity contribution in [2.24, 2.45) is 0 Å². The summed E-state index contributed by atoms with van der Waals surface area (Å²) in [7, 11) is 0. The number of amides is 1. The van der Waals surface area contributed by atoms with Gasteiger partial charge in [0.25, 0.3) is 5.91 Å². The highest BCUT2D eigenvalue weighted by Crippen LogP contribution is 2.31. The summed E-state index contributed by atoms with van der Waals surface area (Å²) in [4.78, 5) is 17.9. The van der Waals surface area contributed by atoms with Crippen molar-refractivity contribution in [3.05, 3.63) is 100 Å². The first-order valence-electron chi connectivity index (χ1n) is 13.9. The second kappa shape index (κ2) is 13.8. The van der Waals surface area contributed by atoms with Crippen LogP contribution in [0.3, 0.4) is 0 Å². The van der Waals surface area contributed by atoms with Crippen molar-refractivity contribution in [3.8, 4) is 11.8 Å². The van der Waals surface area contributed by atoms with Crippen molar-refractivity contribution in [3.63, 3.8) is 0 Å². The Balaban J connectivity index is 1.07. The smallest absolute Gasteiger partial charge is 0.253 e. The fourth-order valence-electron chi connectivity index (χ4n) is 5.43. The van der Waals surface area contributed by atoms with Gasteiger partial charge in [0.05, 0.1) is 26.3 Å². The number of alkyl halides is 1. The van der Waals surface area contributed by atoms with E-state index in [1.54, 1.807) is 12.1 Å². The molecular formula is C32H34ClIN4O2. The molecule has 0 aliphatic carbocycles. The van der Waals surface area contributed by atoms with Gasteiger partial charge in [-0.1, -0.05) is 76.7 Å². The monoisotopic (exact) mass is 668 g/mol. The normalized spacial score (nSPS) is 18.1. The number of likely N-dealkylation sites (tertiary alicyclic amines) is 2. The molecule has 1 N–H and O–H groups in total. The Bertz CT molecular complexity index is 1310. The van der Waals surface area contributed by atoms with Gasteiger partial charge in [0, 0.05) is 38.8 Å². The molecule has 2 heterocycles. The maximum atomic E-state index is 13.0. The number of rotatable bonds is 8. The lowest BCUT2D eigenvalue weighted by Crippen LogP contribution is -2.44. The molecule has 1 atom stereocenters. The van der Waals surface area contributed by atoms with Crippen molar-refractivity contribution < 1.29 is 9.53 Å². The van der Waals surface area contributed by atoms with Gasteiger partial charge < -0.3 is 10.1 Å². The standard InChI is InChI=1S/C32H34ClIN4O2/c33-30-20-28(40-27-14-16-37(17-15-27)22-24-8-6-23(21-35)7-9-24)10-11-29(30)32(39)36-26-12-18-38(19-13-26)31(34)25-4-2-1-3-5-25/h1-11,20,26-27,31H,12-19,22H2,(H,36,39). The summed E-state index contributed by atoms with van der Waals surface area (Å²) in [5.74, 6) is 0.578. The molecule has 1 amide bonds. The maximum Gasteiger partial charge on any atom is 0.253 e. The minimum Gasteiger partial charge on any atom is -0.490 e. The number of piperidine rings is 2. The van der Waals surface area contributed by atoms with Crippen molar-refractivity contribution >= 4 is 40.1 Å². The summed E-state index contributed by atoms with van der Waals surface area (Å²) >= 11 is 9.05. The first-order valence-corrected chi connectivity index (χ1v) is 15.5. The number of ether oxygens (including phenoxy) is 1. The van der Waals surface area contributed by atoms with Crippen molar-refractivity contribution in [2.45, 2.75) is 48.4 Å². The third-order valence-corrected chi connectivity index (χ3v) is 9.59. The zero-order valence-corrected chi connectivity index (χ0v) is 25.4. The van der Waals surface area contributed by atoms with Crippen LogP contribution in [0, 0.1) is 11.3 Å². The lowest BCUT2D eigenvalue weighted by Gasteiger charge is -2.35. The molecule has 8 heteroatoms. The summed E-state index contributed by atoms with van der Waals surface area (Å²) in [5, 5.41) is 12.6. The number of carbonyl (C=O) groups excluding carboxylic acids is 1. The quantitative estimate of drug-likeness (QED) is 0.167. The van der Waals surface area contributed by atoms with Gasteiger partial charge >= 0.3 is 0 Å². The molecule has 3 aromatic carbocycles. The Kier molecular flexibility index (Phi) is 9.97. The van der Waals surface area contributed by atoms with Gasteiger partial charge in [0.2, 0.25) is 0 Å². The number of nitrogens with one attached hydrogen (secondary N) is 1. The number of nitrogens with zero attached hydrogens (tertiary/aromatic N) is 3. The molecule has 1 unspecified atom stereocenters. The van der Waals surface area contributed by atoms with Gasteiger partial charge in [-0.2, -0.15) is 5.26 Å². The van der Waals surface area contributed by atoms with Crippen molar-refractivity contribution in [2.75, 3.05) is 26.2 Å². The molecule has 2 saturated heterocycles. The van der Waals surface area contributed by atoms with Crippen molar-refractivity contribution in [1.29, 1.82) is 5.26 Å². The highest BCUT2D eigenvalue weighted by molar-refractivity contribution is 14.1. The van der Waals surface area contributed by atoms with E-state index in [0.717, 1.165) is 58.4 Å². The zero-order valence-electron chi connectivity index (χ0n) is 22.4. The van der Waals surface area contributed by atoms with Crippen LogP contribution in [-0.2, 0) is 6.54 Å². The molecule has 6 nitrogen and oxygen atoms in total. The molecule has 0 radical (unpaired) electrons. The number of hydrogen-bond acceptors (Lipinski definition) is 5. The molecule has 208 valence electrons. The van der Waals surface area contributed by atoms with E-state index in [9.17, 15) is 4.79 Å². The molecule has 0 saturated carbocycles. The SMILES string of the molecule is N#Cc1ccc(CN2CCC(Oc3ccc(C(=O)NC4CCN(C(I)c5ccccc5)CC4)c(Cl)c3)CC2)cc1. The first-order chi connectivity index (χ1) is 19.5. The highest BCUT2D eigenvalue weighted by Gasteiger charge is 2.26. The summed E-state index contributed by atoms with van der Waals surface area (Å²) in [6.45, 7) is 4.65. The van der Waals surface area contributed by atoms with Gasteiger partial charge in [-0.05, 0) is 67.1 Å². The van der Waals surface area contributed by atoms with Crippen molar-refractivity contribution in [1.82, 2.24) is 15.1 Å². The Morgan fingerprint density at radius 1 is 1.00 bits per heavy atom. The number of benzene rings is 3. The first kappa shape index (κ1) is 28.9. The van der Waals surface area contributed by atoms with Gasteiger partial charge in [0.1, 0.15) is 11.9 Å². The van der Waals surface area contributed by atoms with E-state index in [2.05, 4.69) is 68.0 Å². The van der Waals surface area contributed by atoms with Crippen LogP contribution in [0.5, 0.6) is 5.75 Å².